The van der Waals surface area contributed by atoms with Crippen LogP contribution in [0.15, 0.2) is 11.1 Å². The second-order valence-corrected chi connectivity index (χ2v) is 5.51. The highest BCUT2D eigenvalue weighted by molar-refractivity contribution is 14.0. The average Bonchev–Trinajstić information content (AvgIpc) is 2.77. The van der Waals surface area contributed by atoms with Crippen molar-refractivity contribution >= 4 is 29.9 Å². The van der Waals surface area contributed by atoms with Gasteiger partial charge < -0.3 is 10.2 Å². The Morgan fingerprint density at radius 1 is 1.32 bits per heavy atom. The van der Waals surface area contributed by atoms with Crippen LogP contribution in [0.2, 0.25) is 0 Å². The molecule has 0 aromatic carbocycles. The number of rotatable bonds is 8. The summed E-state index contributed by atoms with van der Waals surface area (Å²) in [6.07, 6.45) is 3.42. The van der Waals surface area contributed by atoms with Crippen molar-refractivity contribution in [2.75, 3.05) is 26.7 Å². The minimum atomic E-state index is 0. The Morgan fingerprint density at radius 2 is 2.05 bits per heavy atom. The average molecular weight is 421 g/mol. The van der Waals surface area contributed by atoms with Gasteiger partial charge in [0.1, 0.15) is 0 Å². The maximum atomic E-state index is 4.71. The fourth-order valence-electron chi connectivity index (χ4n) is 2.28. The van der Waals surface area contributed by atoms with Crippen molar-refractivity contribution in [1.29, 1.82) is 0 Å². The van der Waals surface area contributed by atoms with Gasteiger partial charge in [0.15, 0.2) is 5.96 Å². The van der Waals surface area contributed by atoms with E-state index in [-0.39, 0.29) is 24.0 Å². The van der Waals surface area contributed by atoms with E-state index in [1.165, 1.54) is 18.5 Å². The van der Waals surface area contributed by atoms with Crippen LogP contribution in [-0.4, -0.2) is 47.3 Å². The lowest BCUT2D eigenvalue weighted by molar-refractivity contribution is 0.463. The Kier molecular flexibility index (Phi) is 11.3. The van der Waals surface area contributed by atoms with Gasteiger partial charge in [-0.2, -0.15) is 5.10 Å². The molecule has 1 aromatic heterocycles. The second-order valence-electron chi connectivity index (χ2n) is 5.51. The standard InChI is InChI=1S/C16H31N5.HI/c1-6-8-11-20(5)16(17-7-2)18-10-9-12-21-15(4)13-14(3)19-21;/h13H,6-12H2,1-5H3,(H,17,18);1H. The normalized spacial score (nSPS) is 11.2. The first-order valence-corrected chi connectivity index (χ1v) is 8.09. The molecule has 1 N–H and O–H groups in total. The molecule has 0 bridgehead atoms. The molecule has 0 aliphatic rings. The molecule has 128 valence electrons. The van der Waals surface area contributed by atoms with E-state index in [0.717, 1.165) is 44.3 Å². The lowest BCUT2D eigenvalue weighted by Gasteiger charge is -2.21. The molecule has 0 radical (unpaired) electrons. The van der Waals surface area contributed by atoms with E-state index < -0.39 is 0 Å². The van der Waals surface area contributed by atoms with Gasteiger partial charge in [0, 0.05) is 38.9 Å². The zero-order valence-electron chi connectivity index (χ0n) is 14.7. The minimum Gasteiger partial charge on any atom is -0.357 e. The predicted octanol–water partition coefficient (Wildman–Crippen LogP) is 3.21. The summed E-state index contributed by atoms with van der Waals surface area (Å²) >= 11 is 0. The smallest absolute Gasteiger partial charge is 0.193 e. The van der Waals surface area contributed by atoms with E-state index in [4.69, 9.17) is 4.99 Å². The number of nitrogens with zero attached hydrogens (tertiary/aromatic N) is 4. The first-order valence-electron chi connectivity index (χ1n) is 8.09. The van der Waals surface area contributed by atoms with Gasteiger partial charge in [0.05, 0.1) is 5.69 Å². The molecule has 0 fully saturated rings. The highest BCUT2D eigenvalue weighted by Crippen LogP contribution is 2.03. The summed E-state index contributed by atoms with van der Waals surface area (Å²) in [6, 6.07) is 2.12. The van der Waals surface area contributed by atoms with Crippen molar-refractivity contribution in [1.82, 2.24) is 20.0 Å². The molecule has 0 saturated heterocycles. The summed E-state index contributed by atoms with van der Waals surface area (Å²) in [6.45, 7) is 12.2. The van der Waals surface area contributed by atoms with Gasteiger partial charge in [-0.1, -0.05) is 13.3 Å². The lowest BCUT2D eigenvalue weighted by Crippen LogP contribution is -2.39. The van der Waals surface area contributed by atoms with Crippen LogP contribution in [0.25, 0.3) is 0 Å². The summed E-state index contributed by atoms with van der Waals surface area (Å²) in [7, 11) is 2.11. The molecule has 0 aliphatic carbocycles. The monoisotopic (exact) mass is 421 g/mol. The van der Waals surface area contributed by atoms with Gasteiger partial charge in [-0.05, 0) is 39.7 Å². The van der Waals surface area contributed by atoms with Crippen LogP contribution in [0.5, 0.6) is 0 Å². The number of halogens is 1. The van der Waals surface area contributed by atoms with Crippen molar-refractivity contribution in [2.24, 2.45) is 4.99 Å². The van der Waals surface area contributed by atoms with E-state index in [2.05, 4.69) is 53.9 Å². The van der Waals surface area contributed by atoms with Crippen molar-refractivity contribution < 1.29 is 0 Å². The quantitative estimate of drug-likeness (QED) is 0.304. The van der Waals surface area contributed by atoms with Crippen LogP contribution in [-0.2, 0) is 6.54 Å². The molecule has 0 atom stereocenters. The van der Waals surface area contributed by atoms with Crippen LogP contribution in [0, 0.1) is 13.8 Å². The van der Waals surface area contributed by atoms with Crippen LogP contribution in [0.4, 0.5) is 0 Å². The van der Waals surface area contributed by atoms with Gasteiger partial charge in [0.25, 0.3) is 0 Å². The third kappa shape index (κ3) is 7.47. The molecule has 0 saturated carbocycles. The third-order valence-corrected chi connectivity index (χ3v) is 3.44. The van der Waals surface area contributed by atoms with E-state index in [1.54, 1.807) is 0 Å². The van der Waals surface area contributed by atoms with Crippen molar-refractivity contribution in [3.05, 3.63) is 17.5 Å². The Morgan fingerprint density at radius 3 is 2.59 bits per heavy atom. The number of hydrogen-bond donors (Lipinski definition) is 1. The molecule has 1 rings (SSSR count). The maximum Gasteiger partial charge on any atom is 0.193 e. The number of nitrogens with one attached hydrogen (secondary N) is 1. The molecule has 0 spiro atoms. The van der Waals surface area contributed by atoms with Crippen molar-refractivity contribution in [3.63, 3.8) is 0 Å². The minimum absolute atomic E-state index is 0. The van der Waals surface area contributed by atoms with Gasteiger partial charge in [-0.3, -0.25) is 9.67 Å². The number of unbranched alkanes of at least 4 members (excludes halogenated alkanes) is 1. The number of aliphatic imine (C=N–C) groups is 1. The second kappa shape index (κ2) is 11.7. The van der Waals surface area contributed by atoms with E-state index in [9.17, 15) is 0 Å². The third-order valence-electron chi connectivity index (χ3n) is 3.44. The van der Waals surface area contributed by atoms with Crippen molar-refractivity contribution in [2.45, 2.75) is 53.5 Å². The molecule has 1 aromatic rings. The zero-order valence-corrected chi connectivity index (χ0v) is 17.1. The highest BCUT2D eigenvalue weighted by Gasteiger charge is 2.04. The summed E-state index contributed by atoms with van der Waals surface area (Å²) in [5, 5.41) is 7.84. The van der Waals surface area contributed by atoms with Gasteiger partial charge >= 0.3 is 0 Å². The van der Waals surface area contributed by atoms with Crippen LogP contribution < -0.4 is 5.32 Å². The summed E-state index contributed by atoms with van der Waals surface area (Å²) in [4.78, 5) is 6.93. The summed E-state index contributed by atoms with van der Waals surface area (Å²) < 4.78 is 2.07. The molecule has 0 amide bonds. The van der Waals surface area contributed by atoms with Gasteiger partial charge in [-0.25, -0.2) is 0 Å². The zero-order chi connectivity index (χ0) is 15.7. The molecule has 22 heavy (non-hydrogen) atoms. The number of aromatic nitrogens is 2. The lowest BCUT2D eigenvalue weighted by atomic mass is 10.3. The van der Waals surface area contributed by atoms with Gasteiger partial charge in [-0.15, -0.1) is 24.0 Å². The summed E-state index contributed by atoms with van der Waals surface area (Å²) in [5.74, 6) is 1.01. The van der Waals surface area contributed by atoms with Crippen molar-refractivity contribution in [3.8, 4) is 0 Å². The fourth-order valence-corrected chi connectivity index (χ4v) is 2.28. The maximum absolute atomic E-state index is 4.71. The predicted molar refractivity (Wildman–Crippen MR) is 105 cm³/mol. The van der Waals surface area contributed by atoms with E-state index in [1.807, 2.05) is 6.92 Å². The summed E-state index contributed by atoms with van der Waals surface area (Å²) in [5.41, 5.74) is 2.31. The molecule has 5 nitrogen and oxygen atoms in total. The van der Waals surface area contributed by atoms with Crippen LogP contribution in [0.3, 0.4) is 0 Å². The molecule has 1 heterocycles. The first kappa shape index (κ1) is 21.2. The SMILES string of the molecule is CCCCN(C)C(=NCCCn1nc(C)cc1C)NCC.I. The largest absolute Gasteiger partial charge is 0.357 e. The first-order chi connectivity index (χ1) is 10.1. The molecule has 0 aliphatic heterocycles. The Hall–Kier alpha value is -0.790. The van der Waals surface area contributed by atoms with Crippen LogP contribution in [0.1, 0.15) is 44.5 Å². The Bertz CT molecular complexity index is 442. The van der Waals surface area contributed by atoms with Crippen LogP contribution >= 0.6 is 24.0 Å². The van der Waals surface area contributed by atoms with E-state index in [0.29, 0.717) is 0 Å². The van der Waals surface area contributed by atoms with Gasteiger partial charge in [0.2, 0.25) is 0 Å². The number of hydrogen-bond acceptors (Lipinski definition) is 2. The highest BCUT2D eigenvalue weighted by atomic mass is 127. The number of aryl methyl sites for hydroxylation is 3. The molecule has 6 heteroatoms. The topological polar surface area (TPSA) is 45.5 Å². The van der Waals surface area contributed by atoms with E-state index >= 15 is 0 Å². The Labute approximate surface area is 152 Å². The molecular weight excluding hydrogens is 389 g/mol. The fraction of sp³-hybridized carbons (Fsp3) is 0.750. The molecule has 0 unspecified atom stereocenters. The molecular formula is C16H32IN5. The number of guanidine groups is 1. The Balaban J connectivity index is 0.00000441.